The summed E-state index contributed by atoms with van der Waals surface area (Å²) in [7, 11) is 0. The molecule has 0 radical (unpaired) electrons. The van der Waals surface area contributed by atoms with Gasteiger partial charge in [0.15, 0.2) is 0 Å². The van der Waals surface area contributed by atoms with Gasteiger partial charge in [-0.05, 0) is 37.5 Å². The molecule has 3 heteroatoms. The molecule has 0 bridgehead atoms. The molecule has 78 valence electrons. The lowest BCUT2D eigenvalue weighted by Crippen LogP contribution is -2.10. The fourth-order valence-corrected chi connectivity index (χ4v) is 2.04. The maximum atomic E-state index is 9.79. The Bertz CT molecular complexity index is 311. The zero-order valence-electron chi connectivity index (χ0n) is 8.51. The summed E-state index contributed by atoms with van der Waals surface area (Å²) < 4.78 is 0. The molecule has 14 heavy (non-hydrogen) atoms. The second-order valence-electron chi connectivity index (χ2n) is 3.59. The van der Waals surface area contributed by atoms with Gasteiger partial charge >= 0.3 is 0 Å². The zero-order chi connectivity index (χ0) is 10.9. The number of rotatable bonds is 2. The standard InChI is InChI=1S/C11H14Cl2O/c1-6-4-7(2)9(8(3)5-6)10(14)11(12)13/h4-5,10-11,14H,1-3H3. The predicted molar refractivity (Wildman–Crippen MR) is 61.1 cm³/mol. The van der Waals surface area contributed by atoms with E-state index in [0.717, 1.165) is 16.7 Å². The van der Waals surface area contributed by atoms with Crippen LogP contribution in [-0.4, -0.2) is 9.94 Å². The highest BCUT2D eigenvalue weighted by molar-refractivity contribution is 6.44. The monoisotopic (exact) mass is 232 g/mol. The van der Waals surface area contributed by atoms with Crippen molar-refractivity contribution in [2.24, 2.45) is 0 Å². The SMILES string of the molecule is Cc1cc(C)c(C(O)C(Cl)Cl)c(C)c1. The Morgan fingerprint density at radius 1 is 1.07 bits per heavy atom. The van der Waals surface area contributed by atoms with Gasteiger partial charge in [-0.2, -0.15) is 0 Å². The van der Waals surface area contributed by atoms with Gasteiger partial charge in [-0.15, -0.1) is 23.2 Å². The number of hydrogen-bond donors (Lipinski definition) is 1. The summed E-state index contributed by atoms with van der Waals surface area (Å²) in [5, 5.41) is 9.79. The molecule has 1 rings (SSSR count). The minimum Gasteiger partial charge on any atom is -0.386 e. The van der Waals surface area contributed by atoms with Gasteiger partial charge in [-0.25, -0.2) is 0 Å². The number of aryl methyl sites for hydroxylation is 3. The quantitative estimate of drug-likeness (QED) is 0.775. The third-order valence-electron chi connectivity index (χ3n) is 2.27. The first-order valence-corrected chi connectivity index (χ1v) is 5.34. The molecule has 0 saturated carbocycles. The molecule has 0 aromatic heterocycles. The van der Waals surface area contributed by atoms with Crippen LogP contribution >= 0.6 is 23.2 Å². The van der Waals surface area contributed by atoms with Gasteiger partial charge in [0.05, 0.1) is 0 Å². The van der Waals surface area contributed by atoms with E-state index in [1.165, 1.54) is 5.56 Å². The highest BCUT2D eigenvalue weighted by atomic mass is 35.5. The van der Waals surface area contributed by atoms with Gasteiger partial charge in [-0.3, -0.25) is 0 Å². The van der Waals surface area contributed by atoms with E-state index in [-0.39, 0.29) is 0 Å². The first kappa shape index (κ1) is 11.8. The molecular weight excluding hydrogens is 219 g/mol. The van der Waals surface area contributed by atoms with Crippen molar-refractivity contribution in [3.05, 3.63) is 34.4 Å². The fraction of sp³-hybridized carbons (Fsp3) is 0.455. The van der Waals surface area contributed by atoms with Crippen molar-refractivity contribution in [2.75, 3.05) is 0 Å². The predicted octanol–water partition coefficient (Wildman–Crippen LogP) is 3.45. The first-order valence-electron chi connectivity index (χ1n) is 4.47. The van der Waals surface area contributed by atoms with Crippen LogP contribution in [0.4, 0.5) is 0 Å². The summed E-state index contributed by atoms with van der Waals surface area (Å²) in [6.45, 7) is 5.93. The molecule has 1 N–H and O–H groups in total. The number of aliphatic hydroxyl groups is 1. The topological polar surface area (TPSA) is 20.2 Å². The highest BCUT2D eigenvalue weighted by Gasteiger charge is 2.19. The average molecular weight is 233 g/mol. The third kappa shape index (κ3) is 2.41. The molecule has 1 aromatic carbocycles. The van der Waals surface area contributed by atoms with Crippen molar-refractivity contribution < 1.29 is 5.11 Å². The number of benzene rings is 1. The van der Waals surface area contributed by atoms with E-state index in [2.05, 4.69) is 0 Å². The van der Waals surface area contributed by atoms with Crippen molar-refractivity contribution >= 4 is 23.2 Å². The molecule has 1 nitrogen and oxygen atoms in total. The third-order valence-corrected chi connectivity index (χ3v) is 2.75. The molecule has 0 heterocycles. The van der Waals surface area contributed by atoms with E-state index in [1.54, 1.807) is 0 Å². The Labute approximate surface area is 94.7 Å². The lowest BCUT2D eigenvalue weighted by atomic mass is 9.96. The van der Waals surface area contributed by atoms with E-state index in [4.69, 9.17) is 23.2 Å². The Morgan fingerprint density at radius 2 is 1.50 bits per heavy atom. The van der Waals surface area contributed by atoms with E-state index >= 15 is 0 Å². The lowest BCUT2D eigenvalue weighted by Gasteiger charge is -2.18. The summed E-state index contributed by atoms with van der Waals surface area (Å²) in [6, 6.07) is 4.03. The zero-order valence-corrected chi connectivity index (χ0v) is 10.0. The second-order valence-corrected chi connectivity index (χ2v) is 4.76. The molecule has 0 aliphatic carbocycles. The normalized spacial score (nSPS) is 13.4. The molecule has 0 amide bonds. The largest absolute Gasteiger partial charge is 0.386 e. The second kappa shape index (κ2) is 4.52. The van der Waals surface area contributed by atoms with Gasteiger partial charge in [0.1, 0.15) is 10.9 Å². The molecular formula is C11H14Cl2O. The Hall–Kier alpha value is -0.240. The summed E-state index contributed by atoms with van der Waals surface area (Å²) in [5.74, 6) is 0. The van der Waals surface area contributed by atoms with Gasteiger partial charge in [0, 0.05) is 0 Å². The van der Waals surface area contributed by atoms with Crippen LogP contribution in [0.15, 0.2) is 12.1 Å². The summed E-state index contributed by atoms with van der Waals surface area (Å²) in [6.07, 6.45) is -0.807. The number of hydrogen-bond acceptors (Lipinski definition) is 1. The van der Waals surface area contributed by atoms with E-state index in [0.29, 0.717) is 0 Å². The van der Waals surface area contributed by atoms with Crippen LogP contribution in [0, 0.1) is 20.8 Å². The van der Waals surface area contributed by atoms with E-state index in [9.17, 15) is 5.11 Å². The maximum absolute atomic E-state index is 9.79. The minimum absolute atomic E-state index is 0.782. The molecule has 0 spiro atoms. The van der Waals surface area contributed by atoms with E-state index in [1.807, 2.05) is 32.9 Å². The lowest BCUT2D eigenvalue weighted by molar-refractivity contribution is 0.191. The molecule has 1 unspecified atom stereocenters. The average Bonchev–Trinajstić information content (AvgIpc) is 2.01. The number of halogens is 2. The van der Waals surface area contributed by atoms with Crippen molar-refractivity contribution in [3.8, 4) is 0 Å². The minimum atomic E-state index is -0.807. The van der Waals surface area contributed by atoms with Crippen molar-refractivity contribution in [3.63, 3.8) is 0 Å². The van der Waals surface area contributed by atoms with Gasteiger partial charge in [-0.1, -0.05) is 17.7 Å². The number of alkyl halides is 2. The van der Waals surface area contributed by atoms with Crippen LogP contribution in [0.2, 0.25) is 0 Å². The molecule has 0 saturated heterocycles. The summed E-state index contributed by atoms with van der Waals surface area (Å²) >= 11 is 11.3. The number of aliphatic hydroxyl groups excluding tert-OH is 1. The van der Waals surface area contributed by atoms with Gasteiger partial charge < -0.3 is 5.11 Å². The first-order chi connectivity index (χ1) is 6.43. The van der Waals surface area contributed by atoms with Crippen LogP contribution in [0.1, 0.15) is 28.4 Å². The summed E-state index contributed by atoms with van der Waals surface area (Å²) in [5.41, 5.74) is 4.07. The van der Waals surface area contributed by atoms with Crippen LogP contribution in [0.25, 0.3) is 0 Å². The highest BCUT2D eigenvalue weighted by Crippen LogP contribution is 2.29. The molecule has 1 aromatic rings. The van der Waals surface area contributed by atoms with E-state index < -0.39 is 10.9 Å². The molecule has 0 aliphatic heterocycles. The van der Waals surface area contributed by atoms with Crippen molar-refractivity contribution in [1.82, 2.24) is 0 Å². The van der Waals surface area contributed by atoms with Gasteiger partial charge in [0.25, 0.3) is 0 Å². The molecule has 0 aliphatic rings. The fourth-order valence-electron chi connectivity index (χ4n) is 1.78. The Balaban J connectivity index is 3.20. The van der Waals surface area contributed by atoms with Crippen molar-refractivity contribution in [2.45, 2.75) is 31.7 Å². The van der Waals surface area contributed by atoms with Crippen molar-refractivity contribution in [1.29, 1.82) is 0 Å². The molecule has 1 atom stereocenters. The Morgan fingerprint density at radius 3 is 1.86 bits per heavy atom. The van der Waals surface area contributed by atoms with Gasteiger partial charge in [0.2, 0.25) is 0 Å². The van der Waals surface area contributed by atoms with Crippen LogP contribution < -0.4 is 0 Å². The Kier molecular flexibility index (Phi) is 3.82. The van der Waals surface area contributed by atoms with Crippen LogP contribution in [0.5, 0.6) is 0 Å². The van der Waals surface area contributed by atoms with Crippen LogP contribution in [-0.2, 0) is 0 Å². The maximum Gasteiger partial charge on any atom is 0.137 e. The summed E-state index contributed by atoms with van der Waals surface area (Å²) in [4.78, 5) is -0.782. The van der Waals surface area contributed by atoms with Crippen LogP contribution in [0.3, 0.4) is 0 Å². The molecule has 0 fully saturated rings. The smallest absolute Gasteiger partial charge is 0.137 e.